The van der Waals surface area contributed by atoms with Crippen LogP contribution in [0.4, 0.5) is 11.4 Å². The molecule has 1 aromatic heterocycles. The molecular weight excluding hydrogens is 487 g/mol. The zero-order valence-corrected chi connectivity index (χ0v) is 20.1. The van der Waals surface area contributed by atoms with Gasteiger partial charge in [-0.15, -0.1) is 0 Å². The van der Waals surface area contributed by atoms with E-state index in [1.165, 1.54) is 11.1 Å². The van der Waals surface area contributed by atoms with Gasteiger partial charge in [-0.25, -0.2) is 4.98 Å². The van der Waals surface area contributed by atoms with Gasteiger partial charge in [0.05, 0.1) is 35.2 Å². The average molecular weight is 505 g/mol. The molecular formula is C21H18Cl4N3V. The summed E-state index contributed by atoms with van der Waals surface area (Å²) in [6.07, 6.45) is 3.42. The number of benzene rings is 2. The van der Waals surface area contributed by atoms with Gasteiger partial charge in [-0.2, -0.15) is 0 Å². The van der Waals surface area contributed by atoms with Crippen molar-refractivity contribution < 1.29 is 55.8 Å². The van der Waals surface area contributed by atoms with Gasteiger partial charge in [0.25, 0.3) is 0 Å². The number of rotatable bonds is 4. The fourth-order valence-corrected chi connectivity index (χ4v) is 2.44. The maximum absolute atomic E-state index is 6.19. The number of nitrogens with zero attached hydrogens (tertiary/aromatic N) is 3. The van der Waals surface area contributed by atoms with E-state index in [2.05, 4.69) is 15.0 Å². The number of hydrogen-bond acceptors (Lipinski definition) is 3. The molecule has 3 aromatic rings. The van der Waals surface area contributed by atoms with Gasteiger partial charge in [0, 0.05) is 5.02 Å². The molecule has 29 heavy (non-hydrogen) atoms. The van der Waals surface area contributed by atoms with Gasteiger partial charge in [-0.05, 0) is 50.2 Å². The molecule has 0 aliphatic heterocycles. The first-order valence-corrected chi connectivity index (χ1v) is 8.35. The van der Waals surface area contributed by atoms with Crippen molar-refractivity contribution in [1.82, 2.24) is 4.98 Å². The molecule has 8 heteroatoms. The maximum atomic E-state index is 6.19. The van der Waals surface area contributed by atoms with Crippen molar-refractivity contribution >= 4 is 35.4 Å². The first-order chi connectivity index (χ1) is 12.1. The third kappa shape index (κ3) is 9.82. The summed E-state index contributed by atoms with van der Waals surface area (Å²) in [5, 5.41) is 0.603. The SMILES string of the molecule is Cc1ccc(N=Cc2cc(Cl)cc(C=Nc3ccc(C)cc3)n2)cc1.[Cl-].[Cl-].[Cl-].[V+3]. The Morgan fingerprint density at radius 2 is 1.03 bits per heavy atom. The number of halogens is 4. The van der Waals surface area contributed by atoms with Crippen LogP contribution in [0.15, 0.2) is 70.6 Å². The monoisotopic (exact) mass is 503 g/mol. The van der Waals surface area contributed by atoms with E-state index in [1.807, 2.05) is 62.4 Å². The van der Waals surface area contributed by atoms with Crippen molar-refractivity contribution in [3.8, 4) is 0 Å². The molecule has 0 spiro atoms. The number of aliphatic imine (C=N–C) groups is 2. The molecule has 0 bridgehead atoms. The Hall–Kier alpha value is -1.33. The Morgan fingerprint density at radius 3 is 1.38 bits per heavy atom. The molecule has 0 atom stereocenters. The minimum atomic E-state index is 0. The second kappa shape index (κ2) is 14.6. The molecule has 0 unspecified atom stereocenters. The molecule has 0 saturated heterocycles. The molecule has 150 valence electrons. The van der Waals surface area contributed by atoms with E-state index in [0.717, 1.165) is 11.4 Å². The molecule has 0 N–H and O–H groups in total. The van der Waals surface area contributed by atoms with Crippen LogP contribution in [0, 0.1) is 13.8 Å². The van der Waals surface area contributed by atoms with E-state index >= 15 is 0 Å². The molecule has 1 heterocycles. The molecule has 0 saturated carbocycles. The van der Waals surface area contributed by atoms with Crippen molar-refractivity contribution in [2.24, 2.45) is 9.98 Å². The molecule has 0 amide bonds. The van der Waals surface area contributed by atoms with E-state index in [4.69, 9.17) is 11.6 Å². The predicted octanol–water partition coefficient (Wildman–Crippen LogP) is -3.14. The minimum Gasteiger partial charge on any atom is -1.00 e. The summed E-state index contributed by atoms with van der Waals surface area (Å²) < 4.78 is 0. The quantitative estimate of drug-likeness (QED) is 0.346. The number of aryl methyl sites for hydroxylation is 2. The van der Waals surface area contributed by atoms with E-state index in [9.17, 15) is 0 Å². The van der Waals surface area contributed by atoms with Crippen LogP contribution < -0.4 is 37.2 Å². The Kier molecular flexibility index (Phi) is 15.1. The first kappa shape index (κ1) is 29.9. The molecule has 2 aromatic carbocycles. The predicted molar refractivity (Wildman–Crippen MR) is 106 cm³/mol. The molecule has 0 aliphatic carbocycles. The average Bonchev–Trinajstić information content (AvgIpc) is 2.60. The van der Waals surface area contributed by atoms with Crippen LogP contribution in [0.1, 0.15) is 22.5 Å². The summed E-state index contributed by atoms with van der Waals surface area (Å²) in [6.45, 7) is 4.09. The molecule has 3 nitrogen and oxygen atoms in total. The van der Waals surface area contributed by atoms with Crippen LogP contribution in [0.25, 0.3) is 0 Å². The Bertz CT molecular complexity index is 854. The Morgan fingerprint density at radius 1 is 0.690 bits per heavy atom. The molecule has 0 radical (unpaired) electrons. The fourth-order valence-electron chi connectivity index (χ4n) is 2.21. The fraction of sp³-hybridized carbons (Fsp3) is 0.0952. The first-order valence-electron chi connectivity index (χ1n) is 7.97. The van der Waals surface area contributed by atoms with Crippen molar-refractivity contribution in [3.05, 3.63) is 88.2 Å². The molecule has 0 fully saturated rings. The Labute approximate surface area is 207 Å². The van der Waals surface area contributed by atoms with E-state index in [1.54, 1.807) is 24.6 Å². The second-order valence-corrected chi connectivity index (χ2v) is 6.26. The van der Waals surface area contributed by atoms with Gasteiger partial charge in [0.1, 0.15) is 0 Å². The van der Waals surface area contributed by atoms with Gasteiger partial charge in [0.15, 0.2) is 0 Å². The van der Waals surface area contributed by atoms with Crippen LogP contribution in [-0.2, 0) is 18.6 Å². The Balaban J connectivity index is 0. The van der Waals surface area contributed by atoms with Gasteiger partial charge in [-0.1, -0.05) is 47.0 Å². The van der Waals surface area contributed by atoms with Gasteiger partial charge in [-0.3, -0.25) is 9.98 Å². The maximum Gasteiger partial charge on any atom is 3.00 e. The summed E-state index contributed by atoms with van der Waals surface area (Å²) in [5.74, 6) is 0. The molecule has 0 aliphatic rings. The minimum absolute atomic E-state index is 0. The largest absolute Gasteiger partial charge is 3.00 e. The smallest absolute Gasteiger partial charge is 1.00 e. The van der Waals surface area contributed by atoms with Crippen LogP contribution in [0.3, 0.4) is 0 Å². The zero-order chi connectivity index (χ0) is 17.6. The summed E-state index contributed by atoms with van der Waals surface area (Å²) >= 11 is 6.19. The second-order valence-electron chi connectivity index (χ2n) is 5.82. The van der Waals surface area contributed by atoms with Crippen LogP contribution in [0.5, 0.6) is 0 Å². The van der Waals surface area contributed by atoms with Crippen molar-refractivity contribution in [3.63, 3.8) is 0 Å². The standard InChI is InChI=1S/C21H18ClN3.3ClH.V/c1-15-3-7-18(8-4-15)23-13-20-11-17(22)12-21(25-20)14-24-19-9-5-16(2)6-10-19;;;;/h3-14H,1-2H3;3*1H;/q;;;;+3/p-3. The third-order valence-electron chi connectivity index (χ3n) is 3.59. The summed E-state index contributed by atoms with van der Waals surface area (Å²) in [5.41, 5.74) is 5.55. The van der Waals surface area contributed by atoms with Crippen LogP contribution in [-0.4, -0.2) is 17.4 Å². The summed E-state index contributed by atoms with van der Waals surface area (Å²) in [6, 6.07) is 19.5. The zero-order valence-electron chi connectivity index (χ0n) is 15.7. The summed E-state index contributed by atoms with van der Waals surface area (Å²) in [4.78, 5) is 13.4. The van der Waals surface area contributed by atoms with E-state index in [0.29, 0.717) is 16.4 Å². The van der Waals surface area contributed by atoms with Crippen LogP contribution in [0.2, 0.25) is 5.02 Å². The number of aromatic nitrogens is 1. The van der Waals surface area contributed by atoms with Crippen molar-refractivity contribution in [2.75, 3.05) is 0 Å². The van der Waals surface area contributed by atoms with Crippen LogP contribution >= 0.6 is 11.6 Å². The van der Waals surface area contributed by atoms with Gasteiger partial charge < -0.3 is 37.2 Å². The summed E-state index contributed by atoms with van der Waals surface area (Å²) in [7, 11) is 0. The molecule has 3 rings (SSSR count). The van der Waals surface area contributed by atoms with Gasteiger partial charge >= 0.3 is 18.6 Å². The van der Waals surface area contributed by atoms with Gasteiger partial charge in [0.2, 0.25) is 0 Å². The normalized spacial score (nSPS) is 9.90. The van der Waals surface area contributed by atoms with E-state index in [-0.39, 0.29) is 55.8 Å². The van der Waals surface area contributed by atoms with E-state index < -0.39 is 0 Å². The number of hydrogen-bond donors (Lipinski definition) is 0. The number of pyridine rings is 1. The van der Waals surface area contributed by atoms with Crippen molar-refractivity contribution in [2.45, 2.75) is 13.8 Å². The van der Waals surface area contributed by atoms with Crippen molar-refractivity contribution in [1.29, 1.82) is 0 Å². The topological polar surface area (TPSA) is 37.6 Å². The third-order valence-corrected chi connectivity index (χ3v) is 3.81.